The summed E-state index contributed by atoms with van der Waals surface area (Å²) in [5, 5.41) is 3.03. The maximum absolute atomic E-state index is 11.7. The number of nitrogens with one attached hydrogen (secondary N) is 1. The van der Waals surface area contributed by atoms with Gasteiger partial charge < -0.3 is 5.32 Å². The Morgan fingerprint density at radius 1 is 1.46 bits per heavy atom. The highest BCUT2D eigenvalue weighted by atomic mass is 16.1. The van der Waals surface area contributed by atoms with Crippen molar-refractivity contribution >= 4 is 5.78 Å². The Bertz CT molecular complexity index is 343. The van der Waals surface area contributed by atoms with Crippen molar-refractivity contribution in [3.8, 4) is 0 Å². The van der Waals surface area contributed by atoms with Crippen LogP contribution in [0.15, 0.2) is 36.2 Å². The van der Waals surface area contributed by atoms with Crippen molar-refractivity contribution in [3.05, 3.63) is 41.9 Å². The molecule has 3 nitrogen and oxygen atoms in total. The van der Waals surface area contributed by atoms with Gasteiger partial charge in [0.25, 0.3) is 0 Å². The molecule has 0 saturated carbocycles. The molecule has 0 unspecified atom stereocenters. The Morgan fingerprint density at radius 2 is 2.38 bits per heavy atom. The fraction of sp³-hybridized carbons (Fsp3) is 0.200. The molecule has 0 fully saturated rings. The first-order chi connectivity index (χ1) is 6.38. The lowest BCUT2D eigenvalue weighted by atomic mass is 10.2. The molecule has 0 amide bonds. The van der Waals surface area contributed by atoms with Crippen molar-refractivity contribution in [1.82, 2.24) is 10.3 Å². The van der Waals surface area contributed by atoms with E-state index in [0.717, 1.165) is 13.0 Å². The number of ketones is 1. The van der Waals surface area contributed by atoms with E-state index >= 15 is 0 Å². The van der Waals surface area contributed by atoms with Crippen LogP contribution >= 0.6 is 0 Å². The number of Topliss-reactive ketones (excluding diaryl/α,β-unsaturated/α-hetero) is 1. The molecule has 1 aliphatic rings. The minimum Gasteiger partial charge on any atom is -0.382 e. The van der Waals surface area contributed by atoms with Gasteiger partial charge in [-0.2, -0.15) is 0 Å². The van der Waals surface area contributed by atoms with E-state index in [-0.39, 0.29) is 5.78 Å². The van der Waals surface area contributed by atoms with Crippen LogP contribution in [-0.4, -0.2) is 17.3 Å². The van der Waals surface area contributed by atoms with Crippen LogP contribution < -0.4 is 5.32 Å². The fourth-order valence-electron chi connectivity index (χ4n) is 1.30. The van der Waals surface area contributed by atoms with Crippen LogP contribution in [-0.2, 0) is 0 Å². The van der Waals surface area contributed by atoms with Crippen LogP contribution in [0.25, 0.3) is 0 Å². The SMILES string of the molecule is O=C(C1=CCCN1)c1ccccn1. The zero-order chi connectivity index (χ0) is 9.10. The van der Waals surface area contributed by atoms with Gasteiger partial charge in [-0.3, -0.25) is 9.78 Å². The smallest absolute Gasteiger partial charge is 0.226 e. The highest BCUT2D eigenvalue weighted by Crippen LogP contribution is 2.07. The first-order valence-corrected chi connectivity index (χ1v) is 4.28. The van der Waals surface area contributed by atoms with Gasteiger partial charge in [0.2, 0.25) is 5.78 Å². The number of carbonyl (C=O) groups excluding carboxylic acids is 1. The van der Waals surface area contributed by atoms with Gasteiger partial charge in [0.05, 0.1) is 5.70 Å². The van der Waals surface area contributed by atoms with Crippen LogP contribution in [0.5, 0.6) is 0 Å². The standard InChI is InChI=1S/C10H10N2O/c13-10(9-5-3-7-12-9)8-4-1-2-6-11-8/h1-2,4-6,12H,3,7H2. The number of hydrogen-bond acceptors (Lipinski definition) is 3. The number of allylic oxidation sites excluding steroid dienone is 1. The Kier molecular flexibility index (Phi) is 2.08. The lowest BCUT2D eigenvalue weighted by molar-refractivity contribution is 0.102. The van der Waals surface area contributed by atoms with Crippen molar-refractivity contribution in [2.45, 2.75) is 6.42 Å². The number of rotatable bonds is 2. The second-order valence-electron chi connectivity index (χ2n) is 2.88. The Labute approximate surface area is 76.5 Å². The van der Waals surface area contributed by atoms with E-state index in [9.17, 15) is 4.79 Å². The third kappa shape index (κ3) is 1.59. The van der Waals surface area contributed by atoms with Crippen molar-refractivity contribution in [1.29, 1.82) is 0 Å². The normalized spacial score (nSPS) is 14.9. The van der Waals surface area contributed by atoms with Crippen molar-refractivity contribution in [3.63, 3.8) is 0 Å². The molecule has 13 heavy (non-hydrogen) atoms. The molecule has 0 spiro atoms. The van der Waals surface area contributed by atoms with Gasteiger partial charge in [0.1, 0.15) is 5.69 Å². The molecule has 3 heteroatoms. The minimum absolute atomic E-state index is 0.0156. The van der Waals surface area contributed by atoms with E-state index in [1.54, 1.807) is 18.3 Å². The molecule has 1 aromatic rings. The minimum atomic E-state index is -0.0156. The largest absolute Gasteiger partial charge is 0.382 e. The van der Waals surface area contributed by atoms with Crippen molar-refractivity contribution in [2.24, 2.45) is 0 Å². The van der Waals surface area contributed by atoms with Crippen LogP contribution in [0.3, 0.4) is 0 Å². The van der Waals surface area contributed by atoms with Gasteiger partial charge in [0.15, 0.2) is 0 Å². The van der Waals surface area contributed by atoms with Crippen LogP contribution in [0.1, 0.15) is 16.9 Å². The number of nitrogens with zero attached hydrogens (tertiary/aromatic N) is 1. The average Bonchev–Trinajstić information content (AvgIpc) is 2.71. The molecule has 0 saturated heterocycles. The van der Waals surface area contributed by atoms with Crippen LogP contribution in [0.2, 0.25) is 0 Å². The second-order valence-corrected chi connectivity index (χ2v) is 2.88. The Hall–Kier alpha value is -1.64. The summed E-state index contributed by atoms with van der Waals surface area (Å²) in [5.41, 5.74) is 1.18. The lowest BCUT2D eigenvalue weighted by Gasteiger charge is -2.01. The first kappa shape index (κ1) is 7.98. The molecule has 2 rings (SSSR count). The number of pyridine rings is 1. The molecule has 2 heterocycles. The van der Waals surface area contributed by atoms with Crippen molar-refractivity contribution in [2.75, 3.05) is 6.54 Å². The van der Waals surface area contributed by atoms with Gasteiger partial charge in [-0.05, 0) is 18.6 Å². The summed E-state index contributed by atoms with van der Waals surface area (Å²) in [4.78, 5) is 15.6. The molecule has 0 aliphatic carbocycles. The molecule has 0 bridgehead atoms. The summed E-state index contributed by atoms with van der Waals surface area (Å²) in [5.74, 6) is -0.0156. The molecular formula is C10H10N2O. The van der Waals surface area contributed by atoms with Gasteiger partial charge >= 0.3 is 0 Å². The number of carbonyl (C=O) groups is 1. The second kappa shape index (κ2) is 3.39. The third-order valence-electron chi connectivity index (χ3n) is 1.95. The summed E-state index contributed by atoms with van der Waals surface area (Å²) in [6.07, 6.45) is 4.47. The van der Waals surface area contributed by atoms with Crippen LogP contribution in [0, 0.1) is 0 Å². The van der Waals surface area contributed by atoms with E-state index in [4.69, 9.17) is 0 Å². The molecule has 0 radical (unpaired) electrons. The fourth-order valence-corrected chi connectivity index (χ4v) is 1.30. The molecule has 1 N–H and O–H groups in total. The molecular weight excluding hydrogens is 164 g/mol. The Balaban J connectivity index is 2.23. The molecule has 1 aromatic heterocycles. The summed E-state index contributed by atoms with van der Waals surface area (Å²) in [6.45, 7) is 0.855. The summed E-state index contributed by atoms with van der Waals surface area (Å²) in [7, 11) is 0. The zero-order valence-corrected chi connectivity index (χ0v) is 7.16. The number of aromatic nitrogens is 1. The number of hydrogen-bond donors (Lipinski definition) is 1. The zero-order valence-electron chi connectivity index (χ0n) is 7.16. The van der Waals surface area contributed by atoms with E-state index in [0.29, 0.717) is 11.4 Å². The molecule has 0 atom stereocenters. The molecule has 66 valence electrons. The van der Waals surface area contributed by atoms with Gasteiger partial charge in [-0.15, -0.1) is 0 Å². The first-order valence-electron chi connectivity index (χ1n) is 4.28. The summed E-state index contributed by atoms with van der Waals surface area (Å²) < 4.78 is 0. The van der Waals surface area contributed by atoms with Crippen LogP contribution in [0.4, 0.5) is 0 Å². The highest BCUT2D eigenvalue weighted by molar-refractivity contribution is 6.07. The predicted octanol–water partition coefficient (Wildman–Crippen LogP) is 1.14. The maximum atomic E-state index is 11.7. The Morgan fingerprint density at radius 3 is 3.00 bits per heavy atom. The topological polar surface area (TPSA) is 42.0 Å². The maximum Gasteiger partial charge on any atom is 0.226 e. The summed E-state index contributed by atoms with van der Waals surface area (Å²) >= 11 is 0. The highest BCUT2D eigenvalue weighted by Gasteiger charge is 2.14. The van der Waals surface area contributed by atoms with Gasteiger partial charge in [-0.25, -0.2) is 0 Å². The van der Waals surface area contributed by atoms with E-state index in [1.165, 1.54) is 0 Å². The van der Waals surface area contributed by atoms with Gasteiger partial charge in [0, 0.05) is 12.7 Å². The molecule has 1 aliphatic heterocycles. The third-order valence-corrected chi connectivity index (χ3v) is 1.95. The van der Waals surface area contributed by atoms with Crippen molar-refractivity contribution < 1.29 is 4.79 Å². The molecule has 0 aromatic carbocycles. The van der Waals surface area contributed by atoms with E-state index in [2.05, 4.69) is 10.3 Å². The van der Waals surface area contributed by atoms with Gasteiger partial charge in [-0.1, -0.05) is 12.1 Å². The monoisotopic (exact) mass is 174 g/mol. The quantitative estimate of drug-likeness (QED) is 0.684. The summed E-state index contributed by atoms with van der Waals surface area (Å²) in [6, 6.07) is 5.34. The van der Waals surface area contributed by atoms with E-state index < -0.39 is 0 Å². The predicted molar refractivity (Wildman–Crippen MR) is 49.3 cm³/mol. The average molecular weight is 174 g/mol. The van der Waals surface area contributed by atoms with E-state index in [1.807, 2.05) is 12.1 Å². The lowest BCUT2D eigenvalue weighted by Crippen LogP contribution is -2.16.